The van der Waals surface area contributed by atoms with Crippen LogP contribution < -0.4 is 20.7 Å². The largest absolute Gasteiger partial charge is 0.435 e. The third kappa shape index (κ3) is 5.22. The number of pyridine rings is 1. The Morgan fingerprint density at radius 1 is 1.03 bits per heavy atom. The lowest BCUT2D eigenvalue weighted by atomic mass is 9.85. The van der Waals surface area contributed by atoms with Crippen molar-refractivity contribution in [1.29, 1.82) is 0 Å². The number of nitrogens with one attached hydrogen (secondary N) is 3. The van der Waals surface area contributed by atoms with Gasteiger partial charge in [0.25, 0.3) is 0 Å². The van der Waals surface area contributed by atoms with Gasteiger partial charge in [0.2, 0.25) is 23.6 Å². The maximum Gasteiger partial charge on any atom is 0.228 e. The first-order valence-electron chi connectivity index (χ1n) is 11.8. The maximum absolute atomic E-state index is 14.8. The second-order valence-electron chi connectivity index (χ2n) is 8.77. The van der Waals surface area contributed by atoms with Crippen molar-refractivity contribution in [2.75, 3.05) is 23.7 Å². The quantitative estimate of drug-likeness (QED) is 0.457. The van der Waals surface area contributed by atoms with Gasteiger partial charge in [0.05, 0.1) is 16.9 Å². The number of piperidine rings is 1. The molecule has 2 aromatic heterocycles. The Hall–Kier alpha value is -3.66. The fraction of sp³-hybridized carbons (Fsp3) is 0.360. The van der Waals surface area contributed by atoms with Crippen molar-refractivity contribution in [3.05, 3.63) is 54.4 Å². The maximum atomic E-state index is 14.8. The van der Waals surface area contributed by atoms with Gasteiger partial charge in [0.15, 0.2) is 11.6 Å². The van der Waals surface area contributed by atoms with Crippen LogP contribution in [0, 0.1) is 17.6 Å². The molecule has 1 amide bonds. The van der Waals surface area contributed by atoms with Crippen molar-refractivity contribution in [3.63, 3.8) is 0 Å². The van der Waals surface area contributed by atoms with Gasteiger partial charge in [0, 0.05) is 30.9 Å². The highest BCUT2D eigenvalue weighted by atomic mass is 19.2. The summed E-state index contributed by atoms with van der Waals surface area (Å²) < 4.78 is 35.2. The molecule has 3 heterocycles. The van der Waals surface area contributed by atoms with E-state index in [9.17, 15) is 13.6 Å². The van der Waals surface area contributed by atoms with E-state index in [4.69, 9.17) is 4.74 Å². The van der Waals surface area contributed by atoms with E-state index in [0.717, 1.165) is 45.2 Å². The minimum Gasteiger partial charge on any atom is -0.435 e. The van der Waals surface area contributed by atoms with Gasteiger partial charge in [-0.05, 0) is 62.6 Å². The highest BCUT2D eigenvalue weighted by Crippen LogP contribution is 2.35. The summed E-state index contributed by atoms with van der Waals surface area (Å²) in [6.07, 6.45) is 7.70. The predicted octanol–water partition coefficient (Wildman–Crippen LogP) is 4.51. The molecule has 1 unspecified atom stereocenters. The summed E-state index contributed by atoms with van der Waals surface area (Å²) in [5.74, 6) is -2.63. The Bertz CT molecular complexity index is 1210. The van der Waals surface area contributed by atoms with Crippen LogP contribution in [0.25, 0.3) is 11.3 Å². The first-order chi connectivity index (χ1) is 17.1. The van der Waals surface area contributed by atoms with E-state index in [-0.39, 0.29) is 35.2 Å². The van der Waals surface area contributed by atoms with Crippen molar-refractivity contribution in [1.82, 2.24) is 20.3 Å². The lowest BCUT2D eigenvalue weighted by Gasteiger charge is -2.24. The third-order valence-electron chi connectivity index (χ3n) is 6.32. The first kappa shape index (κ1) is 23.1. The number of rotatable bonds is 7. The molecule has 8 nitrogen and oxygen atoms in total. The molecule has 1 aliphatic carbocycles. The number of amides is 1. The molecule has 5 rings (SSSR count). The summed E-state index contributed by atoms with van der Waals surface area (Å²) in [6, 6.07) is 7.93. The van der Waals surface area contributed by atoms with Crippen molar-refractivity contribution < 1.29 is 18.3 Å². The average molecular weight is 481 g/mol. The number of nitrogens with zero attached hydrogens (tertiary/aromatic N) is 3. The fourth-order valence-electron chi connectivity index (χ4n) is 4.12. The molecule has 1 atom stereocenters. The summed E-state index contributed by atoms with van der Waals surface area (Å²) in [5.41, 5.74) is 0.818. The molecule has 1 saturated heterocycles. The molecule has 0 radical (unpaired) electrons. The van der Waals surface area contributed by atoms with Gasteiger partial charge in [-0.25, -0.2) is 19.3 Å². The normalized spacial score (nSPS) is 17.9. The van der Waals surface area contributed by atoms with Crippen LogP contribution in [0.4, 0.5) is 20.4 Å². The molecule has 1 aromatic carbocycles. The zero-order valence-corrected chi connectivity index (χ0v) is 19.1. The summed E-state index contributed by atoms with van der Waals surface area (Å²) in [5, 5.41) is 9.13. The number of halogens is 2. The van der Waals surface area contributed by atoms with E-state index in [0.29, 0.717) is 17.2 Å². The molecule has 1 saturated carbocycles. The molecule has 182 valence electrons. The second-order valence-corrected chi connectivity index (χ2v) is 8.77. The Kier molecular flexibility index (Phi) is 6.80. The van der Waals surface area contributed by atoms with Gasteiger partial charge in [0.1, 0.15) is 0 Å². The van der Waals surface area contributed by atoms with Crippen LogP contribution in [0.2, 0.25) is 0 Å². The Labute approximate surface area is 201 Å². The number of benzene rings is 1. The van der Waals surface area contributed by atoms with Crippen LogP contribution >= 0.6 is 0 Å². The molecule has 0 bridgehead atoms. The van der Waals surface area contributed by atoms with Crippen LogP contribution in [-0.4, -0.2) is 40.0 Å². The molecule has 2 aliphatic rings. The van der Waals surface area contributed by atoms with Gasteiger partial charge < -0.3 is 20.7 Å². The van der Waals surface area contributed by atoms with Crippen molar-refractivity contribution in [2.24, 2.45) is 5.92 Å². The van der Waals surface area contributed by atoms with Crippen LogP contribution in [-0.2, 0) is 4.79 Å². The minimum atomic E-state index is -1.21. The highest BCUT2D eigenvalue weighted by Gasteiger charge is 2.27. The fourth-order valence-corrected chi connectivity index (χ4v) is 4.12. The van der Waals surface area contributed by atoms with E-state index in [1.807, 2.05) is 0 Å². The van der Waals surface area contributed by atoms with Crippen LogP contribution in [0.3, 0.4) is 0 Å². The molecular weight excluding hydrogens is 454 g/mol. The Morgan fingerprint density at radius 2 is 1.91 bits per heavy atom. The molecule has 2 fully saturated rings. The van der Waals surface area contributed by atoms with Crippen LogP contribution in [0.5, 0.6) is 11.6 Å². The zero-order valence-electron chi connectivity index (χ0n) is 19.1. The molecule has 3 N–H and O–H groups in total. The average Bonchev–Trinajstić information content (AvgIpc) is 2.84. The first-order valence-corrected chi connectivity index (χ1v) is 11.8. The second kappa shape index (κ2) is 10.3. The molecular formula is C25H26F2N6O2. The zero-order chi connectivity index (χ0) is 24.2. The Morgan fingerprint density at radius 3 is 2.69 bits per heavy atom. The molecule has 35 heavy (non-hydrogen) atoms. The van der Waals surface area contributed by atoms with Crippen LogP contribution in [0.1, 0.15) is 32.1 Å². The summed E-state index contributed by atoms with van der Waals surface area (Å²) in [7, 11) is 0. The lowest BCUT2D eigenvalue weighted by Crippen LogP contribution is -2.38. The number of hydrogen-bond acceptors (Lipinski definition) is 7. The van der Waals surface area contributed by atoms with Gasteiger partial charge in [-0.2, -0.15) is 4.39 Å². The van der Waals surface area contributed by atoms with Crippen molar-refractivity contribution >= 4 is 17.5 Å². The number of aromatic nitrogens is 3. The van der Waals surface area contributed by atoms with Gasteiger partial charge in [-0.3, -0.25) is 4.79 Å². The summed E-state index contributed by atoms with van der Waals surface area (Å²) in [6.45, 7) is 1.83. The SMILES string of the molecule is O=C(Nc1ccc(Oc2ncccc2-c2ccnc(NC3CCCNC3)n2)c(F)c1F)C1CCC1. The monoisotopic (exact) mass is 480 g/mol. The van der Waals surface area contributed by atoms with Gasteiger partial charge >= 0.3 is 0 Å². The van der Waals surface area contributed by atoms with Crippen molar-refractivity contribution in [2.45, 2.75) is 38.1 Å². The highest BCUT2D eigenvalue weighted by molar-refractivity contribution is 5.93. The van der Waals surface area contributed by atoms with E-state index in [2.05, 4.69) is 30.9 Å². The van der Waals surface area contributed by atoms with Gasteiger partial charge in [-0.15, -0.1) is 0 Å². The van der Waals surface area contributed by atoms with Crippen LogP contribution in [0.15, 0.2) is 42.7 Å². The number of anilines is 2. The van der Waals surface area contributed by atoms with Crippen molar-refractivity contribution in [3.8, 4) is 22.9 Å². The molecule has 3 aromatic rings. The smallest absolute Gasteiger partial charge is 0.228 e. The number of carbonyl (C=O) groups excluding carboxylic acids is 1. The number of carbonyl (C=O) groups is 1. The van der Waals surface area contributed by atoms with E-state index in [1.54, 1.807) is 24.4 Å². The standard InChI is InChI=1S/C25H26F2N6O2/c26-21-19(32-23(34)15-4-1-5-15)8-9-20(22(21)27)35-24-17(7-3-12-29-24)18-10-13-30-25(33-18)31-16-6-2-11-28-14-16/h3,7-10,12-13,15-16,28H,1-2,4-6,11,14H2,(H,32,34)(H,30,31,33). The summed E-state index contributed by atoms with van der Waals surface area (Å²) >= 11 is 0. The van der Waals surface area contributed by atoms with E-state index in [1.165, 1.54) is 18.3 Å². The van der Waals surface area contributed by atoms with E-state index < -0.39 is 11.6 Å². The molecule has 1 aliphatic heterocycles. The lowest BCUT2D eigenvalue weighted by molar-refractivity contribution is -0.122. The summed E-state index contributed by atoms with van der Waals surface area (Å²) in [4.78, 5) is 25.2. The molecule has 10 heteroatoms. The predicted molar refractivity (Wildman–Crippen MR) is 127 cm³/mol. The number of ether oxygens (including phenoxy) is 1. The van der Waals surface area contributed by atoms with E-state index >= 15 is 0 Å². The third-order valence-corrected chi connectivity index (χ3v) is 6.32. The number of hydrogen-bond donors (Lipinski definition) is 3. The van der Waals surface area contributed by atoms with Gasteiger partial charge in [-0.1, -0.05) is 6.42 Å². The minimum absolute atomic E-state index is 0.0704. The molecule has 0 spiro atoms. The topological polar surface area (TPSA) is 101 Å². The Balaban J connectivity index is 1.35.